The van der Waals surface area contributed by atoms with Crippen molar-refractivity contribution in [3.05, 3.63) is 24.3 Å². The third kappa shape index (κ3) is 11.8. The maximum atomic E-state index is 12.3. The van der Waals surface area contributed by atoms with Gasteiger partial charge in [-0.15, -0.1) is 0 Å². The van der Waals surface area contributed by atoms with Crippen LogP contribution in [0.15, 0.2) is 24.3 Å². The Morgan fingerprint density at radius 2 is 1.37 bits per heavy atom. The lowest BCUT2D eigenvalue weighted by Crippen LogP contribution is -2.40. The molecule has 0 rings (SSSR count). The zero-order valence-corrected chi connectivity index (χ0v) is 15.9. The largest absolute Gasteiger partial charge is 0.465 e. The average molecular weight is 419 g/mol. The van der Waals surface area contributed by atoms with Crippen LogP contribution in [-0.4, -0.2) is 79.5 Å². The SMILES string of the molecule is C=C(C)C(=O)OCC(C)(COC(=O)C(=C)C)C(=O)OCCCS(=O)(=O)O.[MgH2]. The van der Waals surface area contributed by atoms with Crippen molar-refractivity contribution in [1.29, 1.82) is 0 Å². The summed E-state index contributed by atoms with van der Waals surface area (Å²) in [6, 6.07) is 0. The molecule has 9 nitrogen and oxygen atoms in total. The first-order valence-electron chi connectivity index (χ1n) is 7.56. The number of carbonyl (C=O) groups is 3. The van der Waals surface area contributed by atoms with Gasteiger partial charge in [0.25, 0.3) is 10.1 Å². The Bertz CT molecular complexity index is 652. The molecular formula is C16H26MgO9S. The van der Waals surface area contributed by atoms with E-state index in [1.165, 1.54) is 20.8 Å². The van der Waals surface area contributed by atoms with E-state index >= 15 is 0 Å². The molecule has 0 saturated carbocycles. The van der Waals surface area contributed by atoms with Crippen LogP contribution < -0.4 is 0 Å². The van der Waals surface area contributed by atoms with Gasteiger partial charge >= 0.3 is 41.0 Å². The fourth-order valence-corrected chi connectivity index (χ4v) is 1.92. The molecule has 0 spiro atoms. The Morgan fingerprint density at radius 3 is 1.70 bits per heavy atom. The third-order valence-corrected chi connectivity index (χ3v) is 3.82. The predicted octanol–water partition coefficient (Wildman–Crippen LogP) is 0.136. The summed E-state index contributed by atoms with van der Waals surface area (Å²) in [5, 5.41) is 0. The Labute approximate surface area is 175 Å². The molecule has 0 aliphatic rings. The molecule has 11 heteroatoms. The summed E-state index contributed by atoms with van der Waals surface area (Å²) in [5.74, 6) is -2.91. The van der Waals surface area contributed by atoms with Crippen LogP contribution in [0.2, 0.25) is 0 Å². The van der Waals surface area contributed by atoms with E-state index in [2.05, 4.69) is 13.2 Å². The summed E-state index contributed by atoms with van der Waals surface area (Å²) >= 11 is 0. The van der Waals surface area contributed by atoms with Crippen molar-refractivity contribution in [2.24, 2.45) is 5.41 Å². The van der Waals surface area contributed by atoms with E-state index in [9.17, 15) is 22.8 Å². The first kappa shape index (κ1) is 27.8. The van der Waals surface area contributed by atoms with E-state index in [4.69, 9.17) is 18.8 Å². The van der Waals surface area contributed by atoms with Crippen LogP contribution in [0.3, 0.4) is 0 Å². The molecule has 0 fully saturated rings. The normalized spacial score (nSPS) is 11.0. The summed E-state index contributed by atoms with van der Waals surface area (Å²) in [4.78, 5) is 35.4. The summed E-state index contributed by atoms with van der Waals surface area (Å²) < 4.78 is 44.8. The smallest absolute Gasteiger partial charge is 0.333 e. The van der Waals surface area contributed by atoms with Crippen LogP contribution in [0, 0.1) is 5.41 Å². The van der Waals surface area contributed by atoms with Crippen LogP contribution in [0.4, 0.5) is 0 Å². The van der Waals surface area contributed by atoms with Gasteiger partial charge in [0, 0.05) is 11.1 Å². The molecule has 0 aliphatic heterocycles. The van der Waals surface area contributed by atoms with Gasteiger partial charge in [-0.1, -0.05) is 13.2 Å². The standard InChI is InChI=1S/C16H24O9S.Mg.2H/c1-11(2)13(17)24-9-16(5,10-25-14(18)12(3)4)15(19)23-7-6-8-26(20,21)22;;;/h1,3,6-10H2,2,4-5H3,(H,20,21,22);;;. The molecule has 0 heterocycles. The van der Waals surface area contributed by atoms with Gasteiger partial charge in [-0.2, -0.15) is 8.42 Å². The molecule has 0 bridgehead atoms. The van der Waals surface area contributed by atoms with Crippen LogP contribution in [0.1, 0.15) is 27.2 Å². The van der Waals surface area contributed by atoms with Gasteiger partial charge in [0.1, 0.15) is 18.6 Å². The number of ether oxygens (including phenoxy) is 3. The topological polar surface area (TPSA) is 133 Å². The molecule has 0 saturated heterocycles. The summed E-state index contributed by atoms with van der Waals surface area (Å²) in [6.07, 6.45) is -0.127. The van der Waals surface area contributed by atoms with Crippen molar-refractivity contribution in [3.63, 3.8) is 0 Å². The second kappa shape index (κ2) is 12.1. The highest BCUT2D eigenvalue weighted by atomic mass is 32.2. The molecular weight excluding hydrogens is 393 g/mol. The van der Waals surface area contributed by atoms with Crippen molar-refractivity contribution < 1.29 is 41.6 Å². The van der Waals surface area contributed by atoms with Crippen molar-refractivity contribution in [3.8, 4) is 0 Å². The number of hydrogen-bond donors (Lipinski definition) is 1. The maximum absolute atomic E-state index is 12.3. The molecule has 0 radical (unpaired) electrons. The van der Waals surface area contributed by atoms with Crippen LogP contribution >= 0.6 is 0 Å². The van der Waals surface area contributed by atoms with Gasteiger partial charge in [-0.3, -0.25) is 9.35 Å². The molecule has 0 aromatic heterocycles. The second-order valence-electron chi connectivity index (χ2n) is 6.05. The highest BCUT2D eigenvalue weighted by Gasteiger charge is 2.38. The zero-order valence-electron chi connectivity index (χ0n) is 15.1. The Kier molecular flexibility index (Phi) is 12.5. The first-order valence-corrected chi connectivity index (χ1v) is 9.17. The third-order valence-electron chi connectivity index (χ3n) is 3.01. The summed E-state index contributed by atoms with van der Waals surface area (Å²) in [7, 11) is -4.17. The van der Waals surface area contributed by atoms with Crippen LogP contribution in [-0.2, 0) is 38.7 Å². The highest BCUT2D eigenvalue weighted by molar-refractivity contribution is 7.85. The van der Waals surface area contributed by atoms with E-state index < -0.39 is 52.4 Å². The lowest BCUT2D eigenvalue weighted by molar-refractivity contribution is -0.168. The molecule has 0 aromatic rings. The molecule has 0 unspecified atom stereocenters. The van der Waals surface area contributed by atoms with Crippen LogP contribution in [0.25, 0.3) is 0 Å². The number of rotatable bonds is 11. The Balaban J connectivity index is 0. The predicted molar refractivity (Wildman–Crippen MR) is 100 cm³/mol. The van der Waals surface area contributed by atoms with E-state index in [1.54, 1.807) is 0 Å². The molecule has 152 valence electrons. The Hall–Kier alpha value is -1.43. The van der Waals surface area contributed by atoms with Gasteiger partial charge < -0.3 is 14.2 Å². The minimum Gasteiger partial charge on any atom is -0.465 e. The van der Waals surface area contributed by atoms with E-state index in [0.29, 0.717) is 0 Å². The van der Waals surface area contributed by atoms with E-state index in [1.807, 2.05) is 0 Å². The number of carbonyl (C=O) groups excluding carboxylic acids is 3. The quantitative estimate of drug-likeness (QED) is 0.124. The minimum atomic E-state index is -4.17. The first-order chi connectivity index (χ1) is 11.8. The monoisotopic (exact) mass is 418 g/mol. The second-order valence-corrected chi connectivity index (χ2v) is 7.62. The minimum absolute atomic E-state index is 0. The van der Waals surface area contributed by atoms with Gasteiger partial charge in [0.05, 0.1) is 12.4 Å². The molecule has 0 atom stereocenters. The molecule has 1 N–H and O–H groups in total. The van der Waals surface area contributed by atoms with Crippen molar-refractivity contribution in [1.82, 2.24) is 0 Å². The lowest BCUT2D eigenvalue weighted by Gasteiger charge is -2.26. The van der Waals surface area contributed by atoms with Crippen molar-refractivity contribution in [2.45, 2.75) is 27.2 Å². The molecule has 0 aliphatic carbocycles. The molecule has 27 heavy (non-hydrogen) atoms. The fraction of sp³-hybridized carbons (Fsp3) is 0.562. The van der Waals surface area contributed by atoms with Gasteiger partial charge in [0.2, 0.25) is 0 Å². The van der Waals surface area contributed by atoms with Crippen molar-refractivity contribution in [2.75, 3.05) is 25.6 Å². The van der Waals surface area contributed by atoms with E-state index in [-0.39, 0.29) is 47.2 Å². The van der Waals surface area contributed by atoms with Gasteiger partial charge in [0.15, 0.2) is 0 Å². The van der Waals surface area contributed by atoms with Gasteiger partial charge in [-0.05, 0) is 27.2 Å². The van der Waals surface area contributed by atoms with Crippen molar-refractivity contribution >= 4 is 51.1 Å². The average Bonchev–Trinajstić information content (AvgIpc) is 2.52. The molecule has 0 amide bonds. The summed E-state index contributed by atoms with van der Waals surface area (Å²) in [5.41, 5.74) is -1.28. The maximum Gasteiger partial charge on any atom is 0.333 e. The fourth-order valence-electron chi connectivity index (χ4n) is 1.44. The number of hydrogen-bond acceptors (Lipinski definition) is 8. The highest BCUT2D eigenvalue weighted by Crippen LogP contribution is 2.21. The van der Waals surface area contributed by atoms with Gasteiger partial charge in [-0.25, -0.2) is 9.59 Å². The summed E-state index contributed by atoms with van der Waals surface area (Å²) in [6.45, 7) is 9.85. The van der Waals surface area contributed by atoms with Crippen LogP contribution in [0.5, 0.6) is 0 Å². The molecule has 0 aromatic carbocycles. The lowest BCUT2D eigenvalue weighted by atomic mass is 9.93. The Morgan fingerprint density at radius 1 is 0.963 bits per heavy atom. The zero-order chi connectivity index (χ0) is 20.5. The van der Waals surface area contributed by atoms with E-state index in [0.717, 1.165) is 0 Å². The number of esters is 3.